The molecule has 2 aromatic rings. The Morgan fingerprint density at radius 2 is 1.80 bits per heavy atom. The Kier molecular flexibility index (Phi) is 7.71. The number of unbranched alkanes of at least 4 members (excludes halogenated alkanes) is 5. The molecule has 0 saturated carbocycles. The van der Waals surface area contributed by atoms with Gasteiger partial charge in [0.1, 0.15) is 11.8 Å². The van der Waals surface area contributed by atoms with Gasteiger partial charge >= 0.3 is 0 Å². The van der Waals surface area contributed by atoms with Gasteiger partial charge in [0.15, 0.2) is 0 Å². The predicted molar refractivity (Wildman–Crippen MR) is 101 cm³/mol. The van der Waals surface area contributed by atoms with E-state index < -0.39 is 0 Å². The van der Waals surface area contributed by atoms with Crippen molar-refractivity contribution in [2.24, 2.45) is 0 Å². The molecule has 0 aliphatic carbocycles. The predicted octanol–water partition coefficient (Wildman–Crippen LogP) is 5.29. The van der Waals surface area contributed by atoms with Crippen molar-refractivity contribution in [3.63, 3.8) is 0 Å². The van der Waals surface area contributed by atoms with E-state index in [4.69, 9.17) is 4.52 Å². The monoisotopic (exact) mass is 342 g/mol. The van der Waals surface area contributed by atoms with Crippen molar-refractivity contribution in [1.82, 2.24) is 10.1 Å². The maximum Gasteiger partial charge on any atom is 0.259 e. The van der Waals surface area contributed by atoms with Crippen LogP contribution in [0.3, 0.4) is 0 Å². The fraction of sp³-hybridized carbons (Fsp3) is 0.524. The minimum Gasteiger partial charge on any atom is -0.364 e. The SMILES string of the molecule is CCCCCCCCN(Cc1ccccc1C)C(=O)c1conc1C. The smallest absolute Gasteiger partial charge is 0.259 e. The van der Waals surface area contributed by atoms with E-state index in [1.165, 1.54) is 49.5 Å². The normalized spacial score (nSPS) is 10.8. The second kappa shape index (κ2) is 10.0. The lowest BCUT2D eigenvalue weighted by Gasteiger charge is -2.23. The molecule has 1 aromatic carbocycles. The molecule has 4 heteroatoms. The average Bonchev–Trinajstić information content (AvgIpc) is 3.04. The third kappa shape index (κ3) is 5.73. The first-order chi connectivity index (χ1) is 12.1. The number of aromatic nitrogens is 1. The molecule has 0 aliphatic rings. The summed E-state index contributed by atoms with van der Waals surface area (Å²) in [4.78, 5) is 14.9. The summed E-state index contributed by atoms with van der Waals surface area (Å²) in [6, 6.07) is 8.24. The minimum absolute atomic E-state index is 0.00978. The van der Waals surface area contributed by atoms with Gasteiger partial charge in [0.25, 0.3) is 5.91 Å². The second-order valence-electron chi connectivity index (χ2n) is 6.73. The van der Waals surface area contributed by atoms with Gasteiger partial charge in [0.2, 0.25) is 0 Å². The van der Waals surface area contributed by atoms with Crippen LogP contribution in [0.15, 0.2) is 35.1 Å². The number of carbonyl (C=O) groups excluding carboxylic acids is 1. The zero-order valence-corrected chi connectivity index (χ0v) is 15.8. The Morgan fingerprint density at radius 1 is 1.08 bits per heavy atom. The molecular weight excluding hydrogens is 312 g/mol. The zero-order chi connectivity index (χ0) is 18.1. The summed E-state index contributed by atoms with van der Waals surface area (Å²) in [7, 11) is 0. The largest absolute Gasteiger partial charge is 0.364 e. The number of nitrogens with zero attached hydrogens (tertiary/aromatic N) is 2. The highest BCUT2D eigenvalue weighted by atomic mass is 16.5. The van der Waals surface area contributed by atoms with E-state index in [2.05, 4.69) is 31.1 Å². The van der Waals surface area contributed by atoms with Gasteiger partial charge in [0, 0.05) is 13.1 Å². The lowest BCUT2D eigenvalue weighted by atomic mass is 10.1. The maximum atomic E-state index is 12.9. The molecule has 0 aliphatic heterocycles. The van der Waals surface area contributed by atoms with Crippen LogP contribution in [0.4, 0.5) is 0 Å². The molecule has 1 aromatic heterocycles. The van der Waals surface area contributed by atoms with E-state index in [0.717, 1.165) is 13.0 Å². The van der Waals surface area contributed by atoms with Crippen molar-refractivity contribution < 1.29 is 9.32 Å². The van der Waals surface area contributed by atoms with Crippen LogP contribution >= 0.6 is 0 Å². The van der Waals surface area contributed by atoms with Crippen LogP contribution in [0.25, 0.3) is 0 Å². The lowest BCUT2D eigenvalue weighted by Crippen LogP contribution is -2.32. The first kappa shape index (κ1) is 19.2. The summed E-state index contributed by atoms with van der Waals surface area (Å²) in [6.07, 6.45) is 8.74. The number of hydrogen-bond donors (Lipinski definition) is 0. The van der Waals surface area contributed by atoms with E-state index >= 15 is 0 Å². The van der Waals surface area contributed by atoms with Crippen LogP contribution in [0.5, 0.6) is 0 Å². The molecule has 2 rings (SSSR count). The molecule has 136 valence electrons. The lowest BCUT2D eigenvalue weighted by molar-refractivity contribution is 0.0738. The number of benzene rings is 1. The summed E-state index contributed by atoms with van der Waals surface area (Å²) in [5.74, 6) is 0.00978. The summed E-state index contributed by atoms with van der Waals surface area (Å²) >= 11 is 0. The van der Waals surface area contributed by atoms with Gasteiger partial charge < -0.3 is 9.42 Å². The maximum absolute atomic E-state index is 12.9. The summed E-state index contributed by atoms with van der Waals surface area (Å²) in [6.45, 7) is 7.53. The molecule has 0 fully saturated rings. The van der Waals surface area contributed by atoms with Gasteiger partial charge in [0.05, 0.1) is 5.69 Å². The number of carbonyl (C=O) groups is 1. The first-order valence-corrected chi connectivity index (χ1v) is 9.38. The van der Waals surface area contributed by atoms with Crippen LogP contribution in [-0.2, 0) is 6.54 Å². The second-order valence-corrected chi connectivity index (χ2v) is 6.73. The van der Waals surface area contributed by atoms with Crippen LogP contribution in [0, 0.1) is 13.8 Å². The van der Waals surface area contributed by atoms with E-state index in [9.17, 15) is 4.79 Å². The summed E-state index contributed by atoms with van der Waals surface area (Å²) < 4.78 is 4.96. The van der Waals surface area contributed by atoms with Gasteiger partial charge in [-0.2, -0.15) is 0 Å². The third-order valence-corrected chi connectivity index (χ3v) is 4.67. The molecule has 1 heterocycles. The van der Waals surface area contributed by atoms with Gasteiger partial charge in [-0.05, 0) is 31.4 Å². The fourth-order valence-corrected chi connectivity index (χ4v) is 3.00. The zero-order valence-electron chi connectivity index (χ0n) is 15.8. The fourth-order valence-electron chi connectivity index (χ4n) is 3.00. The van der Waals surface area contributed by atoms with Crippen molar-refractivity contribution in [1.29, 1.82) is 0 Å². The van der Waals surface area contributed by atoms with Crippen LogP contribution < -0.4 is 0 Å². The van der Waals surface area contributed by atoms with Gasteiger partial charge in [-0.3, -0.25) is 4.79 Å². The highest BCUT2D eigenvalue weighted by Crippen LogP contribution is 2.16. The number of rotatable bonds is 10. The first-order valence-electron chi connectivity index (χ1n) is 9.38. The van der Waals surface area contributed by atoms with Crippen molar-refractivity contribution >= 4 is 5.91 Å². The minimum atomic E-state index is 0.00978. The average molecular weight is 342 g/mol. The molecule has 0 spiro atoms. The van der Waals surface area contributed by atoms with Crippen molar-refractivity contribution in [2.75, 3.05) is 6.54 Å². The Labute approximate surface area is 151 Å². The number of aryl methyl sites for hydroxylation is 2. The molecule has 0 saturated heterocycles. The highest BCUT2D eigenvalue weighted by Gasteiger charge is 2.20. The Bertz CT molecular complexity index is 663. The molecule has 1 amide bonds. The van der Waals surface area contributed by atoms with Crippen LogP contribution in [0.1, 0.15) is 72.6 Å². The van der Waals surface area contributed by atoms with Gasteiger partial charge in [-0.25, -0.2) is 0 Å². The molecule has 0 N–H and O–H groups in total. The summed E-state index contributed by atoms with van der Waals surface area (Å²) in [5, 5.41) is 3.85. The van der Waals surface area contributed by atoms with Gasteiger partial charge in [-0.15, -0.1) is 0 Å². The molecule has 0 atom stereocenters. The Hall–Kier alpha value is -2.10. The Morgan fingerprint density at radius 3 is 2.48 bits per heavy atom. The molecule has 0 radical (unpaired) electrons. The molecule has 0 unspecified atom stereocenters. The summed E-state index contributed by atoms with van der Waals surface area (Å²) in [5.41, 5.74) is 3.63. The van der Waals surface area contributed by atoms with E-state index in [1.807, 2.05) is 24.0 Å². The molecule has 0 bridgehead atoms. The standard InChI is InChI=1S/C21H30N2O2/c1-4-5-6-7-8-11-14-23(15-19-13-10-9-12-17(19)2)21(24)20-16-25-22-18(20)3/h9-10,12-13,16H,4-8,11,14-15H2,1-3H3. The van der Waals surface area contributed by atoms with Crippen molar-refractivity contribution in [2.45, 2.75) is 65.8 Å². The van der Waals surface area contributed by atoms with Crippen LogP contribution in [0.2, 0.25) is 0 Å². The molecular formula is C21H30N2O2. The van der Waals surface area contributed by atoms with Crippen molar-refractivity contribution in [3.8, 4) is 0 Å². The van der Waals surface area contributed by atoms with E-state index in [-0.39, 0.29) is 5.91 Å². The van der Waals surface area contributed by atoms with Crippen molar-refractivity contribution in [3.05, 3.63) is 52.9 Å². The van der Waals surface area contributed by atoms with Crippen LogP contribution in [-0.4, -0.2) is 22.5 Å². The third-order valence-electron chi connectivity index (χ3n) is 4.67. The molecule has 4 nitrogen and oxygen atoms in total. The van der Waals surface area contributed by atoms with E-state index in [0.29, 0.717) is 17.8 Å². The quantitative estimate of drug-likeness (QED) is 0.551. The Balaban J connectivity index is 2.02. The number of amides is 1. The number of hydrogen-bond acceptors (Lipinski definition) is 3. The van der Waals surface area contributed by atoms with Gasteiger partial charge in [-0.1, -0.05) is 68.4 Å². The highest BCUT2D eigenvalue weighted by molar-refractivity contribution is 5.94. The van der Waals surface area contributed by atoms with E-state index in [1.54, 1.807) is 0 Å². The molecule has 25 heavy (non-hydrogen) atoms. The topological polar surface area (TPSA) is 46.3 Å².